The van der Waals surface area contributed by atoms with E-state index in [9.17, 15) is 0 Å². The molecule has 1 aromatic rings. The molecule has 0 aromatic carbocycles. The van der Waals surface area contributed by atoms with Crippen LogP contribution < -0.4 is 5.32 Å². The molecule has 2 nitrogen and oxygen atoms in total. The van der Waals surface area contributed by atoms with Gasteiger partial charge >= 0.3 is 0 Å². The molecule has 1 N–H and O–H groups in total. The van der Waals surface area contributed by atoms with Crippen molar-refractivity contribution in [2.45, 2.75) is 53.8 Å². The van der Waals surface area contributed by atoms with Crippen molar-refractivity contribution in [3.8, 4) is 0 Å². The summed E-state index contributed by atoms with van der Waals surface area (Å²) in [6.07, 6.45) is 0. The highest BCUT2D eigenvalue weighted by Crippen LogP contribution is 2.23. The third-order valence-corrected chi connectivity index (χ3v) is 4.18. The SMILES string of the molecule is C=C(C)CN(CC)Cc1cc(CNC(C)C)sc1C. The van der Waals surface area contributed by atoms with Crippen LogP contribution in [0, 0.1) is 6.92 Å². The maximum absolute atomic E-state index is 4.01. The molecule has 0 radical (unpaired) electrons. The molecule has 0 amide bonds. The third-order valence-electron chi connectivity index (χ3n) is 3.09. The van der Waals surface area contributed by atoms with Gasteiger partial charge in [0.1, 0.15) is 0 Å². The van der Waals surface area contributed by atoms with Crippen molar-refractivity contribution >= 4 is 11.3 Å². The van der Waals surface area contributed by atoms with E-state index in [0.29, 0.717) is 6.04 Å². The van der Waals surface area contributed by atoms with Gasteiger partial charge in [0, 0.05) is 35.4 Å². The van der Waals surface area contributed by atoms with Gasteiger partial charge in [0.15, 0.2) is 0 Å². The van der Waals surface area contributed by atoms with E-state index >= 15 is 0 Å². The van der Waals surface area contributed by atoms with Gasteiger partial charge in [-0.15, -0.1) is 11.3 Å². The van der Waals surface area contributed by atoms with Gasteiger partial charge < -0.3 is 5.32 Å². The van der Waals surface area contributed by atoms with Crippen LogP contribution in [0.1, 0.15) is 43.0 Å². The maximum Gasteiger partial charge on any atom is 0.0302 e. The minimum atomic E-state index is 0.543. The predicted octanol–water partition coefficient (Wildman–Crippen LogP) is 3.95. The first-order valence-corrected chi connectivity index (χ1v) is 7.92. The van der Waals surface area contributed by atoms with Crippen molar-refractivity contribution in [1.82, 2.24) is 10.2 Å². The highest BCUT2D eigenvalue weighted by molar-refractivity contribution is 7.12. The molecule has 0 unspecified atom stereocenters. The number of nitrogens with zero attached hydrogens (tertiary/aromatic N) is 1. The number of rotatable bonds is 8. The lowest BCUT2D eigenvalue weighted by atomic mass is 10.2. The van der Waals surface area contributed by atoms with Crippen LogP contribution in [0.2, 0.25) is 0 Å². The average molecular weight is 280 g/mol. The second kappa shape index (κ2) is 7.83. The predicted molar refractivity (Wildman–Crippen MR) is 86.8 cm³/mol. The Balaban J connectivity index is 2.64. The van der Waals surface area contributed by atoms with Gasteiger partial charge in [-0.25, -0.2) is 0 Å². The van der Waals surface area contributed by atoms with Crippen LogP contribution in [0.4, 0.5) is 0 Å². The zero-order chi connectivity index (χ0) is 14.4. The summed E-state index contributed by atoms with van der Waals surface area (Å²) in [5, 5.41) is 3.48. The normalized spacial score (nSPS) is 11.5. The lowest BCUT2D eigenvalue weighted by Gasteiger charge is -2.20. The number of nitrogens with one attached hydrogen (secondary N) is 1. The van der Waals surface area contributed by atoms with E-state index in [1.54, 1.807) is 0 Å². The van der Waals surface area contributed by atoms with E-state index < -0.39 is 0 Å². The van der Waals surface area contributed by atoms with Crippen LogP contribution in [0.3, 0.4) is 0 Å². The molecule has 19 heavy (non-hydrogen) atoms. The van der Waals surface area contributed by atoms with Crippen molar-refractivity contribution in [2.24, 2.45) is 0 Å². The summed E-state index contributed by atoms with van der Waals surface area (Å²) >= 11 is 1.92. The maximum atomic E-state index is 4.01. The van der Waals surface area contributed by atoms with Crippen LogP contribution in [0.25, 0.3) is 0 Å². The molecule has 1 rings (SSSR count). The Morgan fingerprint density at radius 1 is 1.47 bits per heavy atom. The first kappa shape index (κ1) is 16.4. The van der Waals surface area contributed by atoms with E-state index in [-0.39, 0.29) is 0 Å². The molecule has 0 aliphatic heterocycles. The fourth-order valence-corrected chi connectivity index (χ4v) is 3.04. The Kier molecular flexibility index (Phi) is 6.76. The molecule has 0 atom stereocenters. The Morgan fingerprint density at radius 2 is 2.16 bits per heavy atom. The van der Waals surface area contributed by atoms with Crippen molar-refractivity contribution < 1.29 is 0 Å². The third kappa shape index (κ3) is 5.89. The van der Waals surface area contributed by atoms with Gasteiger partial charge in [0.2, 0.25) is 0 Å². The summed E-state index contributed by atoms with van der Waals surface area (Å²) < 4.78 is 0. The number of thiophene rings is 1. The van der Waals surface area contributed by atoms with Crippen LogP contribution in [-0.2, 0) is 13.1 Å². The Bertz CT molecular complexity index is 407. The average Bonchev–Trinajstić information content (AvgIpc) is 2.66. The largest absolute Gasteiger partial charge is 0.310 e. The van der Waals surface area contributed by atoms with Crippen LogP contribution >= 0.6 is 11.3 Å². The van der Waals surface area contributed by atoms with E-state index in [0.717, 1.165) is 26.2 Å². The zero-order valence-electron chi connectivity index (χ0n) is 13.0. The highest BCUT2D eigenvalue weighted by Gasteiger charge is 2.10. The fourth-order valence-electron chi connectivity index (χ4n) is 2.04. The second-order valence-electron chi connectivity index (χ2n) is 5.59. The first-order chi connectivity index (χ1) is 8.92. The number of likely N-dealkylation sites (N-methyl/N-ethyl adjacent to an activating group) is 1. The van der Waals surface area contributed by atoms with Crippen LogP contribution in [-0.4, -0.2) is 24.0 Å². The number of hydrogen-bond donors (Lipinski definition) is 1. The molecule has 0 fully saturated rings. The lowest BCUT2D eigenvalue weighted by molar-refractivity contribution is 0.304. The van der Waals surface area contributed by atoms with Crippen molar-refractivity contribution in [3.05, 3.63) is 33.5 Å². The van der Waals surface area contributed by atoms with Gasteiger partial charge in [-0.05, 0) is 32.0 Å². The smallest absolute Gasteiger partial charge is 0.0302 e. The van der Waals surface area contributed by atoms with Gasteiger partial charge in [0.25, 0.3) is 0 Å². The standard InChI is InChI=1S/C16H28N2S/c1-7-18(10-12(2)3)11-15-8-16(19-14(15)6)9-17-13(4)5/h8,13,17H,2,7,9-11H2,1,3-6H3. The van der Waals surface area contributed by atoms with Crippen molar-refractivity contribution in [2.75, 3.05) is 13.1 Å². The molecule has 3 heteroatoms. The molecule has 0 saturated carbocycles. The molecule has 0 aliphatic carbocycles. The molecule has 0 bridgehead atoms. The number of hydrogen-bond acceptors (Lipinski definition) is 3. The Hall–Kier alpha value is -0.640. The van der Waals surface area contributed by atoms with Gasteiger partial charge in [0.05, 0.1) is 0 Å². The molecule has 0 aliphatic rings. The lowest BCUT2D eigenvalue weighted by Crippen LogP contribution is -2.24. The molecule has 1 aromatic heterocycles. The molecule has 1 heterocycles. The summed E-state index contributed by atoms with van der Waals surface area (Å²) in [6, 6.07) is 2.90. The number of aryl methyl sites for hydroxylation is 1. The first-order valence-electron chi connectivity index (χ1n) is 7.10. The summed E-state index contributed by atoms with van der Waals surface area (Å²) in [4.78, 5) is 5.32. The van der Waals surface area contributed by atoms with Crippen molar-refractivity contribution in [1.29, 1.82) is 0 Å². The Morgan fingerprint density at radius 3 is 2.68 bits per heavy atom. The highest BCUT2D eigenvalue weighted by atomic mass is 32.1. The Labute approximate surface area is 122 Å². The summed E-state index contributed by atoms with van der Waals surface area (Å²) in [6.45, 7) is 19.0. The summed E-state index contributed by atoms with van der Waals surface area (Å²) in [5.41, 5.74) is 2.70. The minimum Gasteiger partial charge on any atom is -0.310 e. The fraction of sp³-hybridized carbons (Fsp3) is 0.625. The molecule has 0 saturated heterocycles. The van der Waals surface area contributed by atoms with E-state index in [2.05, 4.69) is 57.5 Å². The molecule has 0 spiro atoms. The minimum absolute atomic E-state index is 0.543. The second-order valence-corrected chi connectivity index (χ2v) is 6.93. The van der Waals surface area contributed by atoms with Gasteiger partial charge in [-0.3, -0.25) is 4.90 Å². The van der Waals surface area contributed by atoms with Crippen LogP contribution in [0.5, 0.6) is 0 Å². The van der Waals surface area contributed by atoms with E-state index in [4.69, 9.17) is 0 Å². The van der Waals surface area contributed by atoms with Crippen molar-refractivity contribution in [3.63, 3.8) is 0 Å². The molecular formula is C16H28N2S. The monoisotopic (exact) mass is 280 g/mol. The van der Waals surface area contributed by atoms with E-state index in [1.807, 2.05) is 11.3 Å². The zero-order valence-corrected chi connectivity index (χ0v) is 13.9. The quantitative estimate of drug-likeness (QED) is 0.725. The van der Waals surface area contributed by atoms with Gasteiger partial charge in [-0.2, -0.15) is 0 Å². The topological polar surface area (TPSA) is 15.3 Å². The molecular weight excluding hydrogens is 252 g/mol. The van der Waals surface area contributed by atoms with Gasteiger partial charge in [-0.1, -0.05) is 32.9 Å². The summed E-state index contributed by atoms with van der Waals surface area (Å²) in [5.74, 6) is 0. The van der Waals surface area contributed by atoms with Crippen LogP contribution in [0.15, 0.2) is 18.2 Å². The molecule has 108 valence electrons. The summed E-state index contributed by atoms with van der Waals surface area (Å²) in [7, 11) is 0. The van der Waals surface area contributed by atoms with E-state index in [1.165, 1.54) is 20.9 Å².